The maximum absolute atomic E-state index is 12.2. The number of rotatable bonds is 6. The highest BCUT2D eigenvalue weighted by atomic mass is 35.5. The Balaban J connectivity index is 1.62. The first kappa shape index (κ1) is 21.3. The topological polar surface area (TPSA) is 46.9 Å². The Bertz CT molecular complexity index is 1050. The average molecular weight is 470 g/mol. The second kappa shape index (κ2) is 9.41. The van der Waals surface area contributed by atoms with E-state index in [0.29, 0.717) is 24.3 Å². The monoisotopic (exact) mass is 469 g/mol. The summed E-state index contributed by atoms with van der Waals surface area (Å²) in [6.45, 7) is 4.27. The van der Waals surface area contributed by atoms with Crippen LogP contribution >= 0.6 is 58.5 Å². The molecule has 0 saturated carbocycles. The number of carbonyl (C=O) groups is 1. The standard InChI is InChI=1S/C19H17Cl2N3OS3/c1-11(2)12-3-5-13(6-4-12)22-17(25)10-27-18-23-24(19(26)28-18)14-7-8-15(20)16(21)9-14/h3-9,11H,10H2,1-2H3,(H,22,25). The van der Waals surface area contributed by atoms with E-state index in [1.165, 1.54) is 28.7 Å². The number of benzene rings is 2. The number of halogens is 2. The number of carbonyl (C=O) groups excluding carboxylic acids is 1. The molecule has 1 amide bonds. The lowest BCUT2D eigenvalue weighted by Crippen LogP contribution is -2.14. The van der Waals surface area contributed by atoms with Crippen molar-refractivity contribution in [2.24, 2.45) is 0 Å². The van der Waals surface area contributed by atoms with Gasteiger partial charge in [-0.05, 0) is 54.0 Å². The molecule has 3 rings (SSSR count). The van der Waals surface area contributed by atoms with Crippen molar-refractivity contribution in [3.8, 4) is 5.69 Å². The highest BCUT2D eigenvalue weighted by Crippen LogP contribution is 2.28. The third-order valence-corrected chi connectivity index (χ3v) is 6.97. The molecule has 0 bridgehead atoms. The minimum Gasteiger partial charge on any atom is -0.325 e. The summed E-state index contributed by atoms with van der Waals surface area (Å²) in [6, 6.07) is 13.1. The van der Waals surface area contributed by atoms with Gasteiger partial charge in [0.1, 0.15) is 0 Å². The first-order chi connectivity index (χ1) is 13.3. The lowest BCUT2D eigenvalue weighted by atomic mass is 10.0. The van der Waals surface area contributed by atoms with Gasteiger partial charge < -0.3 is 5.32 Å². The van der Waals surface area contributed by atoms with E-state index in [1.807, 2.05) is 24.3 Å². The van der Waals surface area contributed by atoms with Gasteiger partial charge in [-0.2, -0.15) is 0 Å². The number of thioether (sulfide) groups is 1. The molecule has 28 heavy (non-hydrogen) atoms. The van der Waals surface area contributed by atoms with Gasteiger partial charge in [-0.3, -0.25) is 4.79 Å². The summed E-state index contributed by atoms with van der Waals surface area (Å²) >= 11 is 20.1. The molecule has 0 saturated heterocycles. The molecule has 0 aliphatic rings. The van der Waals surface area contributed by atoms with Crippen molar-refractivity contribution >= 4 is 70.1 Å². The Hall–Kier alpha value is -1.38. The zero-order valence-electron chi connectivity index (χ0n) is 15.1. The summed E-state index contributed by atoms with van der Waals surface area (Å²) in [4.78, 5) is 12.2. The van der Waals surface area contributed by atoms with Crippen LogP contribution in [0.25, 0.3) is 5.69 Å². The van der Waals surface area contributed by atoms with Gasteiger partial charge >= 0.3 is 0 Å². The van der Waals surface area contributed by atoms with Crippen LogP contribution in [0.15, 0.2) is 46.8 Å². The van der Waals surface area contributed by atoms with E-state index < -0.39 is 0 Å². The van der Waals surface area contributed by atoms with Gasteiger partial charge in [0, 0.05) is 5.69 Å². The van der Waals surface area contributed by atoms with Crippen LogP contribution in [0.5, 0.6) is 0 Å². The van der Waals surface area contributed by atoms with Crippen LogP contribution in [0.3, 0.4) is 0 Å². The molecular formula is C19H17Cl2N3OS3. The summed E-state index contributed by atoms with van der Waals surface area (Å²) in [5.74, 6) is 0.611. The summed E-state index contributed by atoms with van der Waals surface area (Å²) in [5, 5.41) is 8.28. The highest BCUT2D eigenvalue weighted by Gasteiger charge is 2.11. The molecule has 1 N–H and O–H groups in total. The van der Waals surface area contributed by atoms with Crippen molar-refractivity contribution < 1.29 is 4.79 Å². The minimum absolute atomic E-state index is 0.0931. The number of aromatic nitrogens is 2. The number of nitrogens with one attached hydrogen (secondary N) is 1. The molecule has 0 fully saturated rings. The lowest BCUT2D eigenvalue weighted by molar-refractivity contribution is -0.113. The molecule has 1 aromatic heterocycles. The third kappa shape index (κ3) is 5.36. The zero-order valence-corrected chi connectivity index (χ0v) is 19.1. The van der Waals surface area contributed by atoms with Crippen molar-refractivity contribution in [2.45, 2.75) is 24.1 Å². The largest absolute Gasteiger partial charge is 0.325 e. The van der Waals surface area contributed by atoms with Crippen molar-refractivity contribution in [2.75, 3.05) is 11.1 Å². The molecule has 9 heteroatoms. The Morgan fingerprint density at radius 1 is 1.21 bits per heavy atom. The molecular weight excluding hydrogens is 453 g/mol. The lowest BCUT2D eigenvalue weighted by Gasteiger charge is -2.08. The maximum atomic E-state index is 12.2. The van der Waals surface area contributed by atoms with E-state index in [4.69, 9.17) is 35.4 Å². The fraction of sp³-hybridized carbons (Fsp3) is 0.211. The van der Waals surface area contributed by atoms with Crippen LogP contribution in [0.4, 0.5) is 5.69 Å². The van der Waals surface area contributed by atoms with E-state index in [2.05, 4.69) is 24.3 Å². The van der Waals surface area contributed by atoms with Crippen LogP contribution in [-0.2, 0) is 4.79 Å². The molecule has 3 aromatic rings. The predicted molar refractivity (Wildman–Crippen MR) is 122 cm³/mol. The van der Waals surface area contributed by atoms with Gasteiger partial charge in [-0.1, -0.05) is 72.3 Å². The number of amides is 1. The summed E-state index contributed by atoms with van der Waals surface area (Å²) in [7, 11) is 0. The second-order valence-corrected chi connectivity index (χ2v) is 9.92. The molecule has 4 nitrogen and oxygen atoms in total. The van der Waals surface area contributed by atoms with Crippen molar-refractivity contribution in [1.29, 1.82) is 0 Å². The zero-order chi connectivity index (χ0) is 20.3. The van der Waals surface area contributed by atoms with E-state index in [9.17, 15) is 4.79 Å². The summed E-state index contributed by atoms with van der Waals surface area (Å²) < 4.78 is 2.90. The van der Waals surface area contributed by atoms with Gasteiger partial charge in [0.25, 0.3) is 0 Å². The Morgan fingerprint density at radius 2 is 1.93 bits per heavy atom. The Morgan fingerprint density at radius 3 is 2.57 bits per heavy atom. The van der Waals surface area contributed by atoms with Crippen LogP contribution in [0.1, 0.15) is 25.3 Å². The Kier molecular flexibility index (Phi) is 7.17. The summed E-state index contributed by atoms with van der Waals surface area (Å²) in [6.07, 6.45) is 0. The second-order valence-electron chi connectivity index (χ2n) is 6.26. The maximum Gasteiger partial charge on any atom is 0.234 e. The smallest absolute Gasteiger partial charge is 0.234 e. The first-order valence-corrected chi connectivity index (χ1v) is 11.4. The highest BCUT2D eigenvalue weighted by molar-refractivity contribution is 8.01. The molecule has 0 unspecified atom stereocenters. The van der Waals surface area contributed by atoms with Gasteiger partial charge in [0.05, 0.1) is 21.5 Å². The fourth-order valence-corrected chi connectivity index (χ4v) is 4.83. The number of anilines is 1. The fourth-order valence-electron chi connectivity index (χ4n) is 2.37. The van der Waals surface area contributed by atoms with E-state index in [1.54, 1.807) is 22.9 Å². The van der Waals surface area contributed by atoms with Crippen LogP contribution in [0, 0.1) is 3.95 Å². The van der Waals surface area contributed by atoms with Crippen molar-refractivity contribution in [3.63, 3.8) is 0 Å². The molecule has 0 radical (unpaired) electrons. The molecule has 0 atom stereocenters. The van der Waals surface area contributed by atoms with Gasteiger partial charge in [0.15, 0.2) is 8.29 Å². The SMILES string of the molecule is CC(C)c1ccc(NC(=O)CSc2nn(-c3ccc(Cl)c(Cl)c3)c(=S)s2)cc1. The molecule has 0 spiro atoms. The van der Waals surface area contributed by atoms with Gasteiger partial charge in [-0.15, -0.1) is 5.10 Å². The molecule has 0 aliphatic carbocycles. The number of hydrogen-bond acceptors (Lipinski definition) is 5. The van der Waals surface area contributed by atoms with Gasteiger partial charge in [-0.25, -0.2) is 4.68 Å². The van der Waals surface area contributed by atoms with Crippen molar-refractivity contribution in [3.05, 3.63) is 62.0 Å². The normalized spacial score (nSPS) is 11.0. The van der Waals surface area contributed by atoms with Gasteiger partial charge in [0.2, 0.25) is 5.91 Å². The molecule has 2 aromatic carbocycles. The van der Waals surface area contributed by atoms with Crippen molar-refractivity contribution in [1.82, 2.24) is 9.78 Å². The summed E-state index contributed by atoms with van der Waals surface area (Å²) in [5.41, 5.74) is 2.75. The first-order valence-electron chi connectivity index (χ1n) is 8.41. The molecule has 1 heterocycles. The number of hydrogen-bond donors (Lipinski definition) is 1. The predicted octanol–water partition coefficient (Wildman–Crippen LogP) is 6.82. The third-order valence-electron chi connectivity index (χ3n) is 3.86. The average Bonchev–Trinajstić information content (AvgIpc) is 3.03. The van der Waals surface area contributed by atoms with Crippen LogP contribution in [-0.4, -0.2) is 21.4 Å². The van der Waals surface area contributed by atoms with E-state index in [0.717, 1.165) is 11.4 Å². The quantitative estimate of drug-likeness (QED) is 0.317. The molecule has 0 aliphatic heterocycles. The number of nitrogens with zero attached hydrogens (tertiary/aromatic N) is 2. The van der Waals surface area contributed by atoms with Crippen LogP contribution in [0.2, 0.25) is 10.0 Å². The van der Waals surface area contributed by atoms with E-state index in [-0.39, 0.29) is 11.7 Å². The Labute approximate surface area is 186 Å². The molecule has 146 valence electrons. The minimum atomic E-state index is -0.0931. The van der Waals surface area contributed by atoms with E-state index >= 15 is 0 Å². The van der Waals surface area contributed by atoms with Crippen LogP contribution < -0.4 is 5.32 Å².